The van der Waals surface area contributed by atoms with Gasteiger partial charge in [-0.2, -0.15) is 5.10 Å². The zero-order valence-corrected chi connectivity index (χ0v) is 20.6. The summed E-state index contributed by atoms with van der Waals surface area (Å²) in [6.07, 6.45) is 1.99. The molecule has 7 nitrogen and oxygen atoms in total. The van der Waals surface area contributed by atoms with Crippen LogP contribution in [0.2, 0.25) is 0 Å². The van der Waals surface area contributed by atoms with Crippen LogP contribution in [-0.4, -0.2) is 51.0 Å². The van der Waals surface area contributed by atoms with Crippen molar-refractivity contribution in [2.45, 2.75) is 65.6 Å². The maximum absolute atomic E-state index is 13.9. The normalized spacial score (nSPS) is 23.9. The van der Waals surface area contributed by atoms with Crippen LogP contribution in [0.4, 0.5) is 0 Å². The number of carbonyl (C=O) groups is 2. The van der Waals surface area contributed by atoms with E-state index in [1.807, 2.05) is 20.8 Å². The van der Waals surface area contributed by atoms with Gasteiger partial charge < -0.3 is 9.64 Å². The van der Waals surface area contributed by atoms with Gasteiger partial charge in [0.15, 0.2) is 5.78 Å². The molecular weight excluding hydrogens is 460 g/mol. The Balaban J connectivity index is 1.50. The van der Waals surface area contributed by atoms with Gasteiger partial charge in [0.2, 0.25) is 0 Å². The topological polar surface area (TPSA) is 77.3 Å². The Kier molecular flexibility index (Phi) is 3.40. The molecule has 3 aromatic rings. The molecule has 1 aliphatic carbocycles. The van der Waals surface area contributed by atoms with E-state index in [0.717, 1.165) is 16.0 Å². The summed E-state index contributed by atoms with van der Waals surface area (Å²) in [5.41, 5.74) is -1.33. The monoisotopic (exact) mass is 505 g/mol. The zero-order chi connectivity index (χ0) is 34.4. The first kappa shape index (κ1) is 14.1. The number of thiazole rings is 1. The summed E-state index contributed by atoms with van der Waals surface area (Å²) in [4.78, 5) is 34.1. The van der Waals surface area contributed by atoms with Gasteiger partial charge in [-0.15, -0.1) is 11.3 Å². The number of hydrogen-bond acceptors (Lipinski definition) is 6. The van der Waals surface area contributed by atoms with Crippen LogP contribution in [0.1, 0.15) is 98.4 Å². The van der Waals surface area contributed by atoms with Gasteiger partial charge >= 0.3 is 0 Å². The van der Waals surface area contributed by atoms with Gasteiger partial charge in [-0.25, -0.2) is 4.98 Å². The van der Waals surface area contributed by atoms with Crippen LogP contribution < -0.4 is 4.74 Å². The van der Waals surface area contributed by atoms with E-state index in [0.29, 0.717) is 36.1 Å². The van der Waals surface area contributed by atoms with Gasteiger partial charge in [0.25, 0.3) is 5.91 Å². The van der Waals surface area contributed by atoms with Crippen LogP contribution in [-0.2, 0) is 18.8 Å². The van der Waals surface area contributed by atoms with Crippen LogP contribution in [0.3, 0.4) is 0 Å². The molecule has 1 fully saturated rings. The fourth-order valence-electron chi connectivity index (χ4n) is 5.02. The van der Waals surface area contributed by atoms with Crippen LogP contribution in [0.15, 0.2) is 12.1 Å². The molecule has 0 saturated carbocycles. The maximum atomic E-state index is 13.9. The van der Waals surface area contributed by atoms with E-state index in [2.05, 4.69) is 10.1 Å². The second-order valence-electron chi connectivity index (χ2n) is 10.4. The number of aryl methyl sites for hydroxylation is 2. The third-order valence-electron chi connectivity index (χ3n) is 6.94. The molecule has 1 spiro atoms. The Morgan fingerprint density at radius 1 is 1.29 bits per heavy atom. The number of aromatic nitrogens is 3. The van der Waals surface area contributed by atoms with Crippen molar-refractivity contribution in [3.8, 4) is 5.75 Å². The first-order valence-corrected chi connectivity index (χ1v) is 12.2. The Morgan fingerprint density at radius 3 is 2.77 bits per heavy atom. The molecule has 0 bridgehead atoms. The molecule has 2 aromatic heterocycles. The number of amides is 1. The first-order valence-electron chi connectivity index (χ1n) is 16.9. The molecule has 5 rings (SSSR count). The first-order chi connectivity index (χ1) is 20.8. The minimum absolute atomic E-state index is 0.0213. The van der Waals surface area contributed by atoms with Crippen molar-refractivity contribution in [1.82, 2.24) is 19.7 Å². The quantitative estimate of drug-likeness (QED) is 0.496. The van der Waals surface area contributed by atoms with Crippen molar-refractivity contribution >= 4 is 33.9 Å². The lowest BCUT2D eigenvalue weighted by Gasteiger charge is -2.43. The minimum atomic E-state index is -3.33. The molecule has 2 aliphatic rings. The number of Topliss-reactive ketones (excluding diaryl/α,β-unsaturated/α-hetero) is 1. The summed E-state index contributed by atoms with van der Waals surface area (Å²) in [5, 5.41) is 4.37. The fraction of sp³-hybridized carbons (Fsp3) is 0.556. The van der Waals surface area contributed by atoms with E-state index >= 15 is 0 Å². The number of ketones is 1. The highest BCUT2D eigenvalue weighted by molar-refractivity contribution is 7.12. The standard InChI is InChI=1S/C27H34N4O3S/c1-7-34-20-13-17(12-18-16(2)29-30(6)23(18)20)24(33)31-10-8-27(9-11-31)14-19(32)22-21(15-27)35-25(28-22)26(3,4)5/h12-13H,7-11,14-15H2,1-6H3/i1D3,2D3,6D3,7D2. The van der Waals surface area contributed by atoms with Gasteiger partial charge in [-0.1, -0.05) is 20.8 Å². The fourth-order valence-corrected chi connectivity index (χ4v) is 6.34. The molecule has 0 unspecified atom stereocenters. The molecule has 0 radical (unpaired) electrons. The molecule has 3 heterocycles. The molecule has 0 atom stereocenters. The second kappa shape index (κ2) is 8.43. The highest BCUT2D eigenvalue weighted by Crippen LogP contribution is 2.46. The number of hydrogen-bond donors (Lipinski definition) is 0. The molecule has 35 heavy (non-hydrogen) atoms. The number of piperidine rings is 1. The minimum Gasteiger partial charge on any atom is -0.492 e. The average Bonchev–Trinajstić information content (AvgIpc) is 3.50. The summed E-state index contributed by atoms with van der Waals surface area (Å²) < 4.78 is 91.9. The van der Waals surface area contributed by atoms with Crippen molar-refractivity contribution in [2.24, 2.45) is 12.4 Å². The predicted octanol–water partition coefficient (Wildman–Crippen LogP) is 5.09. The SMILES string of the molecule is [2H]C([2H])([2H])c1nn(C([2H])([2H])[2H])c2c(OC([2H])([2H])C([2H])([2H])[2H])cc(C(=O)N3CCC4(CC3)CC(=O)c3nc(C(C)(C)C)sc3C4)cc12. The van der Waals surface area contributed by atoms with Gasteiger partial charge in [-0.05, 0) is 50.5 Å². The van der Waals surface area contributed by atoms with E-state index < -0.39 is 50.1 Å². The Labute approximate surface area is 225 Å². The van der Waals surface area contributed by atoms with Gasteiger partial charge in [0.05, 0.1) is 20.0 Å². The summed E-state index contributed by atoms with van der Waals surface area (Å²) in [7, 11) is 0. The van der Waals surface area contributed by atoms with E-state index in [1.54, 1.807) is 11.3 Å². The lowest BCUT2D eigenvalue weighted by atomic mass is 9.68. The third-order valence-corrected chi connectivity index (χ3v) is 8.42. The molecule has 1 saturated heterocycles. The van der Waals surface area contributed by atoms with Gasteiger partial charge in [-0.3, -0.25) is 14.3 Å². The summed E-state index contributed by atoms with van der Waals surface area (Å²) in [6, 6.07) is 2.19. The maximum Gasteiger partial charge on any atom is 0.254 e. The van der Waals surface area contributed by atoms with Crippen LogP contribution >= 0.6 is 11.3 Å². The largest absolute Gasteiger partial charge is 0.492 e. The van der Waals surface area contributed by atoms with E-state index in [1.165, 1.54) is 11.0 Å². The van der Waals surface area contributed by atoms with Crippen molar-refractivity contribution in [2.75, 3.05) is 19.6 Å². The highest BCUT2D eigenvalue weighted by atomic mass is 32.1. The third kappa shape index (κ3) is 4.15. The van der Waals surface area contributed by atoms with Gasteiger partial charge in [0.1, 0.15) is 17.0 Å². The molecule has 1 amide bonds. The summed E-state index contributed by atoms with van der Waals surface area (Å²) >= 11 is 1.54. The van der Waals surface area contributed by atoms with Crippen LogP contribution in [0.25, 0.3) is 10.9 Å². The van der Waals surface area contributed by atoms with Crippen molar-refractivity contribution in [3.63, 3.8) is 0 Å². The van der Waals surface area contributed by atoms with E-state index in [-0.39, 0.29) is 40.7 Å². The van der Waals surface area contributed by atoms with Crippen molar-refractivity contribution in [3.05, 3.63) is 39.0 Å². The number of benzene rings is 1. The number of carbonyl (C=O) groups excluding carboxylic acids is 2. The van der Waals surface area contributed by atoms with E-state index in [4.69, 9.17) is 19.8 Å². The molecule has 0 N–H and O–H groups in total. The number of rotatable bonds is 3. The predicted molar refractivity (Wildman–Crippen MR) is 138 cm³/mol. The average molecular weight is 506 g/mol. The molecule has 1 aliphatic heterocycles. The Hall–Kier alpha value is -2.74. The van der Waals surface area contributed by atoms with Crippen molar-refractivity contribution < 1.29 is 29.4 Å². The number of likely N-dealkylation sites (tertiary alicyclic amines) is 1. The molecular formula is C27H34N4O3S. The number of ether oxygens (including phenoxy) is 1. The van der Waals surface area contributed by atoms with Gasteiger partial charge in [0, 0.05) is 60.1 Å². The van der Waals surface area contributed by atoms with Crippen LogP contribution in [0, 0.1) is 12.3 Å². The molecule has 8 heteroatoms. The summed E-state index contributed by atoms with van der Waals surface area (Å²) in [6.45, 7) is -5.99. The number of nitrogens with zero attached hydrogens (tertiary/aromatic N) is 4. The van der Waals surface area contributed by atoms with Crippen LogP contribution in [0.5, 0.6) is 5.75 Å². The zero-order valence-electron chi connectivity index (χ0n) is 30.8. The molecule has 186 valence electrons. The summed E-state index contributed by atoms with van der Waals surface area (Å²) in [5.74, 6) is -1.25. The van der Waals surface area contributed by atoms with E-state index in [9.17, 15) is 9.59 Å². The molecule has 1 aromatic carbocycles. The lowest BCUT2D eigenvalue weighted by molar-refractivity contribution is 0.0522. The Bertz CT molecular complexity index is 1710. The van der Waals surface area contributed by atoms with Crippen molar-refractivity contribution in [1.29, 1.82) is 0 Å². The Morgan fingerprint density at radius 2 is 2.09 bits per heavy atom. The lowest BCUT2D eigenvalue weighted by Crippen LogP contribution is -2.46. The second-order valence-corrected chi connectivity index (χ2v) is 11.5. The smallest absolute Gasteiger partial charge is 0.254 e. The highest BCUT2D eigenvalue weighted by Gasteiger charge is 2.44. The number of fused-ring (bicyclic) bond motifs is 2.